The number of H-pyrrole nitrogens is 1. The van der Waals surface area contributed by atoms with Gasteiger partial charge >= 0.3 is 12.2 Å². The number of hydrogen-bond acceptors (Lipinski definition) is 12. The molecule has 0 saturated heterocycles. The molecular weight excluding hydrogens is 853 g/mol. The van der Waals surface area contributed by atoms with Crippen molar-refractivity contribution >= 4 is 29.0 Å². The number of nitrogens with zero attached hydrogens (tertiary/aromatic N) is 11. The molecule has 5 aromatic heterocycles. The zero-order chi connectivity index (χ0) is 47.4. The smallest absolute Gasteiger partial charge is 0.425 e. The first-order valence-electron chi connectivity index (χ1n) is 23.0. The van der Waals surface area contributed by atoms with Crippen molar-refractivity contribution in [3.8, 4) is 22.5 Å². The van der Waals surface area contributed by atoms with E-state index in [1.54, 1.807) is 54.1 Å². The number of fused-ring (bicyclic) bond motifs is 1. The first-order valence-corrected chi connectivity index (χ1v) is 23.0. The van der Waals surface area contributed by atoms with E-state index < -0.39 is 29.7 Å². The van der Waals surface area contributed by atoms with Crippen molar-refractivity contribution in [1.82, 2.24) is 44.5 Å². The molecule has 18 nitrogen and oxygen atoms in total. The van der Waals surface area contributed by atoms with Crippen molar-refractivity contribution in [3.63, 3.8) is 0 Å². The van der Waals surface area contributed by atoms with Gasteiger partial charge in [-0.25, -0.2) is 42.7 Å². The van der Waals surface area contributed by atoms with Crippen molar-refractivity contribution in [2.75, 3.05) is 31.2 Å². The van der Waals surface area contributed by atoms with E-state index >= 15 is 0 Å². The lowest BCUT2D eigenvalue weighted by atomic mass is 9.98. The summed E-state index contributed by atoms with van der Waals surface area (Å²) in [5, 5.41) is 10.2. The molecule has 0 spiro atoms. The summed E-state index contributed by atoms with van der Waals surface area (Å²) >= 11 is 0. The average molecular weight is 921 g/mol. The van der Waals surface area contributed by atoms with Crippen LogP contribution in [0.2, 0.25) is 0 Å². The molecule has 0 radical (unpaired) electrons. The van der Waals surface area contributed by atoms with Crippen LogP contribution in [0.25, 0.3) is 43.2 Å². The molecule has 2 fully saturated rings. The van der Waals surface area contributed by atoms with E-state index in [0.717, 1.165) is 52.9 Å². The van der Waals surface area contributed by atoms with Crippen molar-refractivity contribution < 1.29 is 28.5 Å². The Bertz CT molecular complexity index is 2420. The molecule has 5 heterocycles. The van der Waals surface area contributed by atoms with Crippen molar-refractivity contribution in [2.24, 2.45) is 11.8 Å². The number of ether oxygens (including phenoxy) is 4. The predicted octanol–water partition coefficient (Wildman–Crippen LogP) is 10.7. The molecule has 2 saturated carbocycles. The number of anilines is 1. The summed E-state index contributed by atoms with van der Waals surface area (Å²) in [4.78, 5) is 56.0. The van der Waals surface area contributed by atoms with Crippen molar-refractivity contribution in [3.05, 3.63) is 78.1 Å². The molecule has 67 heavy (non-hydrogen) atoms. The van der Waals surface area contributed by atoms with Crippen LogP contribution >= 0.6 is 0 Å². The van der Waals surface area contributed by atoms with Gasteiger partial charge in [0.25, 0.3) is 0 Å². The van der Waals surface area contributed by atoms with E-state index in [4.69, 9.17) is 32.1 Å². The molecule has 2 aliphatic rings. The van der Waals surface area contributed by atoms with Gasteiger partial charge in [-0.15, -0.1) is 0 Å². The highest BCUT2D eigenvalue weighted by Gasteiger charge is 2.37. The number of rotatable bonds is 15. The van der Waals surface area contributed by atoms with Gasteiger partial charge < -0.3 is 33.6 Å². The van der Waals surface area contributed by atoms with Crippen LogP contribution in [0.15, 0.2) is 49.7 Å². The minimum absolute atomic E-state index is 0. The van der Waals surface area contributed by atoms with Crippen LogP contribution in [0.1, 0.15) is 132 Å². The van der Waals surface area contributed by atoms with E-state index in [-0.39, 0.29) is 31.7 Å². The largest absolute Gasteiger partial charge is 0.443 e. The molecule has 2 atom stereocenters. The number of carbonyl (C=O) groups excluding carboxylic acids is 2. The minimum atomic E-state index is -0.939. The highest BCUT2D eigenvalue weighted by atomic mass is 16.7. The van der Waals surface area contributed by atoms with Gasteiger partial charge in [-0.05, 0) is 99.0 Å². The maximum absolute atomic E-state index is 13.6. The lowest BCUT2D eigenvalue weighted by molar-refractivity contribution is -0.134. The Morgan fingerprint density at radius 2 is 1.24 bits per heavy atom. The van der Waals surface area contributed by atoms with Gasteiger partial charge in [-0.2, -0.15) is 15.1 Å². The fourth-order valence-electron chi connectivity index (χ4n) is 8.75. The summed E-state index contributed by atoms with van der Waals surface area (Å²) in [6, 6.07) is 2.10. The summed E-state index contributed by atoms with van der Waals surface area (Å²) < 4.78 is 26.8. The normalized spacial score (nSPS) is 15.3. The van der Waals surface area contributed by atoms with Crippen molar-refractivity contribution in [1.29, 1.82) is 0 Å². The molecule has 2 aliphatic carbocycles. The molecule has 0 bridgehead atoms. The third-order valence-corrected chi connectivity index (χ3v) is 11.6. The number of hydrogen-bond donors (Lipinski definition) is 1. The molecule has 7 rings (SSSR count). The number of aromatic amines is 1. The zero-order valence-corrected chi connectivity index (χ0v) is 39.6. The SMILES string of the molecule is C.[C-]#[N+]C[C@H](C1CCCC1)n1cc(-c2ncnc(N(C(=O)OC(C)(C)C)C(=O)OC(C)(C)C)c2CC(OCC)OCC)cn1.[C-]#[N+]C[C@H](C1CCCC1)n1cc(-c2ncnc3[nH]ccc23)cn1. The molecule has 0 unspecified atom stereocenters. The van der Waals surface area contributed by atoms with Gasteiger partial charge in [0.15, 0.2) is 12.1 Å². The second-order valence-electron chi connectivity index (χ2n) is 18.7. The number of nitrogens with one attached hydrogen (secondary N) is 1. The summed E-state index contributed by atoms with van der Waals surface area (Å²) in [5.74, 6) is 0.936. The standard InChI is InChI=1S/C31H46N6O6.C17H18N6.CH4/c1-10-40-25(41-11-2)16-23-26(22-17-35-36(19-22)24(18-32-9)21-14-12-13-15-21)33-20-34-27(23)37(28(38)42-30(3,4)5)29(39)43-31(6,7)8;1-18-9-15(12-4-2-3-5-12)23-10-13(8-22-23)16-14-6-7-19-17(14)21-11-20-16;/h17,19-21,24-25H,10-16,18H2,1-8H3;6-8,10-12,15H,2-5,9H2,(H,19,20,21);1H4/t24-;15-;/m11./s1. The Balaban J connectivity index is 0.000000292. The van der Waals surface area contributed by atoms with E-state index in [0.29, 0.717) is 55.0 Å². The minimum Gasteiger partial charge on any atom is -0.443 e. The second-order valence-corrected chi connectivity index (χ2v) is 18.7. The van der Waals surface area contributed by atoms with Crippen LogP contribution in [0.4, 0.5) is 15.4 Å². The topological polar surface area (TPSA) is 186 Å². The molecule has 1 N–H and O–H groups in total. The summed E-state index contributed by atoms with van der Waals surface area (Å²) in [5.41, 5.74) is 2.42. The van der Waals surface area contributed by atoms with E-state index in [2.05, 4.69) is 44.8 Å². The monoisotopic (exact) mass is 921 g/mol. The summed E-state index contributed by atoms with van der Waals surface area (Å²) in [7, 11) is 0. The van der Waals surface area contributed by atoms with Crippen LogP contribution < -0.4 is 4.90 Å². The third-order valence-electron chi connectivity index (χ3n) is 11.6. The van der Waals surface area contributed by atoms with Crippen LogP contribution in [0.3, 0.4) is 0 Å². The van der Waals surface area contributed by atoms with Gasteiger partial charge in [0, 0.05) is 60.3 Å². The van der Waals surface area contributed by atoms with Crippen LogP contribution in [-0.2, 0) is 25.4 Å². The quantitative estimate of drug-likeness (QED) is 0.0775. The highest BCUT2D eigenvalue weighted by molar-refractivity contribution is 6.09. The predicted molar refractivity (Wildman–Crippen MR) is 256 cm³/mol. The number of aromatic nitrogens is 9. The van der Waals surface area contributed by atoms with Crippen molar-refractivity contribution in [2.45, 2.75) is 150 Å². The third kappa shape index (κ3) is 13.4. The maximum atomic E-state index is 13.6. The Morgan fingerprint density at radius 1 is 0.761 bits per heavy atom. The first-order chi connectivity index (χ1) is 31.6. The van der Waals surface area contributed by atoms with Gasteiger partial charge in [-0.3, -0.25) is 9.36 Å². The Kier molecular flexibility index (Phi) is 18.1. The zero-order valence-electron chi connectivity index (χ0n) is 39.6. The fraction of sp³-hybridized carbons (Fsp3) is 0.592. The summed E-state index contributed by atoms with van der Waals surface area (Å²) in [6.07, 6.45) is 19.0. The van der Waals surface area contributed by atoms with Gasteiger partial charge in [0.05, 0.1) is 23.8 Å². The highest BCUT2D eigenvalue weighted by Crippen LogP contribution is 2.38. The number of amides is 2. The van der Waals surface area contributed by atoms with Crippen LogP contribution in [0, 0.1) is 25.0 Å². The van der Waals surface area contributed by atoms with Crippen LogP contribution in [0.5, 0.6) is 0 Å². The molecule has 0 aliphatic heterocycles. The van der Waals surface area contributed by atoms with Gasteiger partial charge in [0.1, 0.15) is 41.6 Å². The Hall–Kier alpha value is -6.24. The lowest BCUT2D eigenvalue weighted by Gasteiger charge is -2.29. The molecule has 5 aromatic rings. The maximum Gasteiger partial charge on any atom is 0.425 e. The van der Waals surface area contributed by atoms with E-state index in [1.807, 2.05) is 54.1 Å². The fourth-order valence-corrected chi connectivity index (χ4v) is 8.75. The molecule has 0 aromatic carbocycles. The Morgan fingerprint density at radius 3 is 1.72 bits per heavy atom. The van der Waals surface area contributed by atoms with Crippen LogP contribution in [-0.4, -0.2) is 100 Å². The number of carbonyl (C=O) groups is 2. The van der Waals surface area contributed by atoms with E-state index in [9.17, 15) is 9.59 Å². The molecular formula is C49H68N12O6. The van der Waals surface area contributed by atoms with Gasteiger partial charge in [0.2, 0.25) is 13.1 Å². The molecule has 360 valence electrons. The summed E-state index contributed by atoms with van der Waals surface area (Å²) in [6.45, 7) is 30.3. The van der Waals surface area contributed by atoms with E-state index in [1.165, 1.54) is 32.0 Å². The first kappa shape index (κ1) is 51.7. The molecule has 2 amide bonds. The van der Waals surface area contributed by atoms with Gasteiger partial charge in [-0.1, -0.05) is 33.1 Å². The Labute approximate surface area is 394 Å². The second kappa shape index (κ2) is 23.5. The lowest BCUT2D eigenvalue weighted by Crippen LogP contribution is -2.45. The number of imide groups is 1. The molecule has 18 heteroatoms. The average Bonchev–Trinajstić information content (AvgIpc) is 4.12.